The van der Waals surface area contributed by atoms with Crippen LogP contribution in [0.3, 0.4) is 0 Å². The van der Waals surface area contributed by atoms with Crippen LogP contribution in [0.25, 0.3) is 33.5 Å². The SMILES string of the molecule is CNc1ncnc2c1ncn2[C@@H]1O[C@H](COP(=O)(O)OP(=O)(O)OP(=O)(O)OC[C@H]2O[C@@H]([n+]3cn(C)c4c(=O)[nH]c(N)nc43)C(OC)[C@H]2OC)C(OP(=O)(O)OC[C@H]2O[C@@H](n3cnc4c(=O)[nH]c(N)nc43)[C@@H](O)C2O)[C@@H]1OC. The number of aromatic nitrogens is 12. The third-order valence-corrected chi connectivity index (χ3v) is 17.5. The minimum absolute atomic E-state index is 0.0536. The molecule has 0 spiro atoms. The van der Waals surface area contributed by atoms with Crippen molar-refractivity contribution >= 4 is 82.5 Å². The quantitative estimate of drug-likeness (QED) is 0.0239. The minimum atomic E-state index is -6.16. The zero-order valence-electron chi connectivity index (χ0n) is 40.8. The third-order valence-electron chi connectivity index (χ3n) is 12.3. The molecule has 7 unspecified atom stereocenters. The standard InChI is InChI=1S/C35H49N15O24P4/c1-38-25-16-26(40-9-39-25)48(10-41-16)32-24(65-5)22(72-75(55,56)66-6-13-19(51)20(52)31(69-13)49-11-42-17-27(49)43-34(36)45-29(17)53)15(71-32)8-68-77(59,60)74-78(61,62)73-76(57,58)67-7-14-21(63-3)23(64-4)33(70-14)50-12-47(2)18-28(50)44-35(37)46-30(18)54/h9-15,19-24,31-33,51-52H,6-8H2,1-5H3,(H10-,36,37,38,39,40,43,44,45,46,53,54,55,56,57,58,59,60,61,62)/p+1/t13-,14-,15-,19?,20+,21+,22?,23?,24+,31-,32-,33-/m1/s1. The molecule has 3 aliphatic rings. The van der Waals surface area contributed by atoms with Gasteiger partial charge in [0.25, 0.3) is 17.1 Å². The molecule has 3 fully saturated rings. The summed E-state index contributed by atoms with van der Waals surface area (Å²) >= 11 is 0. The lowest BCUT2D eigenvalue weighted by atomic mass is 10.1. The molecule has 6 aromatic rings. The lowest BCUT2D eigenvalue weighted by Crippen LogP contribution is -2.47. The molecule has 16 atom stereocenters. The highest BCUT2D eigenvalue weighted by Crippen LogP contribution is 2.68. The number of ether oxygens (including phenoxy) is 6. The Bertz CT molecular complexity index is 3530. The maximum absolute atomic E-state index is 13.8. The van der Waals surface area contributed by atoms with E-state index < -0.39 is 136 Å². The second kappa shape index (κ2) is 22.1. The minimum Gasteiger partial charge on any atom is -0.387 e. The third kappa shape index (κ3) is 11.4. The van der Waals surface area contributed by atoms with Gasteiger partial charge in [-0.15, -0.1) is 0 Å². The molecule has 43 heteroatoms. The molecule has 9 heterocycles. The number of methoxy groups -OCH3 is 3. The number of hydrogen-bond acceptors (Lipinski definition) is 29. The molecule has 6 aromatic heterocycles. The van der Waals surface area contributed by atoms with Gasteiger partial charge < -0.3 is 75.0 Å². The summed E-state index contributed by atoms with van der Waals surface area (Å²) in [6.07, 6.45) is -12.9. The summed E-state index contributed by atoms with van der Waals surface area (Å²) in [7, 11) is -16.5. The number of fused-ring (bicyclic) bond motifs is 3. The van der Waals surface area contributed by atoms with Crippen LogP contribution in [-0.2, 0) is 80.4 Å². The van der Waals surface area contributed by atoms with E-state index in [2.05, 4.69) is 53.8 Å². The Kier molecular flexibility index (Phi) is 16.3. The van der Waals surface area contributed by atoms with Crippen LogP contribution in [0.2, 0.25) is 0 Å². The molecular formula is C35H50N15O24P4+. The average Bonchev–Trinajstić information content (AvgIpc) is 4.32. The number of phosphoric acid groups is 4. The number of aromatic amines is 2. The molecule has 13 N–H and O–H groups in total. The predicted octanol–water partition coefficient (Wildman–Crippen LogP) is -2.94. The molecule has 3 aliphatic heterocycles. The molecule has 39 nitrogen and oxygen atoms in total. The summed E-state index contributed by atoms with van der Waals surface area (Å²) in [5.41, 5.74) is 10.3. The molecule has 3 saturated heterocycles. The zero-order chi connectivity index (χ0) is 56.4. The van der Waals surface area contributed by atoms with Gasteiger partial charge in [0.05, 0.1) is 39.5 Å². The van der Waals surface area contributed by atoms with Crippen LogP contribution in [-0.4, -0.2) is 186 Å². The first-order chi connectivity index (χ1) is 36.8. The molecule has 78 heavy (non-hydrogen) atoms. The number of nitrogens with one attached hydrogen (secondary N) is 3. The topological polar surface area (TPSA) is 526 Å². The van der Waals surface area contributed by atoms with Gasteiger partial charge in [0.1, 0.15) is 66.8 Å². The Labute approximate surface area is 434 Å². The number of aryl methyl sites for hydroxylation is 1. The number of rotatable bonds is 22. The first-order valence-corrected chi connectivity index (χ1v) is 28.4. The van der Waals surface area contributed by atoms with Crippen molar-refractivity contribution in [3.63, 3.8) is 0 Å². The van der Waals surface area contributed by atoms with Crippen molar-refractivity contribution in [3.05, 3.63) is 46.0 Å². The van der Waals surface area contributed by atoms with Gasteiger partial charge in [0.15, 0.2) is 41.4 Å². The molecule has 0 aliphatic carbocycles. The second-order valence-corrected chi connectivity index (χ2v) is 23.1. The van der Waals surface area contributed by atoms with Crippen molar-refractivity contribution < 1.29 is 108 Å². The summed E-state index contributed by atoms with van der Waals surface area (Å²) < 4.78 is 122. The fourth-order valence-corrected chi connectivity index (χ4v) is 13.4. The van der Waals surface area contributed by atoms with Gasteiger partial charge in [-0.25, -0.2) is 42.8 Å². The van der Waals surface area contributed by atoms with Gasteiger partial charge in [0, 0.05) is 28.4 Å². The lowest BCUT2D eigenvalue weighted by molar-refractivity contribution is -0.746. The molecule has 0 aromatic carbocycles. The fourth-order valence-electron chi connectivity index (χ4n) is 8.96. The normalized spacial score (nSPS) is 29.7. The molecule has 428 valence electrons. The highest BCUT2D eigenvalue weighted by Gasteiger charge is 2.54. The van der Waals surface area contributed by atoms with E-state index in [0.29, 0.717) is 0 Å². The van der Waals surface area contributed by atoms with Crippen molar-refractivity contribution in [2.75, 3.05) is 65.0 Å². The van der Waals surface area contributed by atoms with Gasteiger partial charge in [-0.2, -0.15) is 13.6 Å². The second-order valence-electron chi connectivity index (χ2n) is 17.1. The van der Waals surface area contributed by atoms with Crippen LogP contribution < -0.4 is 32.5 Å². The molecule has 0 bridgehead atoms. The summed E-state index contributed by atoms with van der Waals surface area (Å²) in [6, 6.07) is 0. The lowest BCUT2D eigenvalue weighted by Gasteiger charge is -2.26. The number of hydrogen-bond donors (Lipinski definition) is 11. The van der Waals surface area contributed by atoms with E-state index in [9.17, 15) is 57.6 Å². The fraction of sp³-hybridized carbons (Fsp3) is 0.571. The average molecular weight is 1190 g/mol. The number of aliphatic hydroxyl groups excluding tert-OH is 2. The number of H-pyrrole nitrogens is 2. The highest BCUT2D eigenvalue weighted by molar-refractivity contribution is 7.66. The molecular weight excluding hydrogens is 1140 g/mol. The van der Waals surface area contributed by atoms with Gasteiger partial charge in [0.2, 0.25) is 17.7 Å². The van der Waals surface area contributed by atoms with E-state index in [1.54, 1.807) is 7.05 Å². The van der Waals surface area contributed by atoms with E-state index in [4.69, 9.17) is 58.0 Å². The van der Waals surface area contributed by atoms with Crippen LogP contribution in [0.1, 0.15) is 18.7 Å². The highest BCUT2D eigenvalue weighted by atomic mass is 31.3. The summed E-state index contributed by atoms with van der Waals surface area (Å²) in [5.74, 6) is -0.274. The number of imidazole rings is 3. The van der Waals surface area contributed by atoms with E-state index in [1.165, 1.54) is 47.6 Å². The number of anilines is 3. The van der Waals surface area contributed by atoms with Crippen LogP contribution in [0.4, 0.5) is 17.7 Å². The predicted molar refractivity (Wildman–Crippen MR) is 254 cm³/mol. The summed E-state index contributed by atoms with van der Waals surface area (Å²) in [5, 5.41) is 24.6. The number of phosphoric ester groups is 3. The number of nitrogen functional groups attached to an aromatic ring is 2. The summed E-state index contributed by atoms with van der Waals surface area (Å²) in [6.45, 7) is -3.12. The van der Waals surface area contributed by atoms with Gasteiger partial charge in [-0.05, 0) is 0 Å². The van der Waals surface area contributed by atoms with E-state index in [1.807, 2.05) is 0 Å². The maximum Gasteiger partial charge on any atom is 0.490 e. The van der Waals surface area contributed by atoms with Crippen molar-refractivity contribution in [3.8, 4) is 0 Å². The number of nitrogens with zero attached hydrogens (tertiary/aromatic N) is 10. The Morgan fingerprint density at radius 2 is 1.24 bits per heavy atom. The van der Waals surface area contributed by atoms with Crippen molar-refractivity contribution in [1.29, 1.82) is 0 Å². The summed E-state index contributed by atoms with van der Waals surface area (Å²) in [4.78, 5) is 97.2. The Hall–Kier alpha value is -5.15. The first-order valence-electron chi connectivity index (χ1n) is 22.4. The van der Waals surface area contributed by atoms with E-state index >= 15 is 0 Å². The Morgan fingerprint density at radius 3 is 1.88 bits per heavy atom. The molecule has 0 radical (unpaired) electrons. The van der Waals surface area contributed by atoms with Gasteiger partial charge in [-0.3, -0.25) is 51.4 Å². The van der Waals surface area contributed by atoms with Crippen LogP contribution in [0, 0.1) is 0 Å². The maximum atomic E-state index is 13.8. The van der Waals surface area contributed by atoms with Crippen LogP contribution >= 0.6 is 31.3 Å². The van der Waals surface area contributed by atoms with E-state index in [0.717, 1.165) is 24.3 Å². The van der Waals surface area contributed by atoms with Crippen molar-refractivity contribution in [2.24, 2.45) is 7.05 Å². The smallest absolute Gasteiger partial charge is 0.387 e. The monoisotopic (exact) mass is 1190 g/mol. The Balaban J connectivity index is 0.876. The Morgan fingerprint density at radius 1 is 0.679 bits per heavy atom. The molecule has 0 amide bonds. The van der Waals surface area contributed by atoms with Crippen molar-refractivity contribution in [1.82, 2.24) is 53.6 Å². The van der Waals surface area contributed by atoms with Crippen molar-refractivity contribution in [2.45, 2.75) is 73.6 Å². The van der Waals surface area contributed by atoms with Gasteiger partial charge >= 0.3 is 36.9 Å². The van der Waals surface area contributed by atoms with E-state index in [-0.39, 0.29) is 51.2 Å². The molecule has 9 rings (SSSR count). The number of aliphatic hydroxyl groups is 2. The number of nitrogens with two attached hydrogens (primary N) is 2. The van der Waals surface area contributed by atoms with Crippen LogP contribution in [0.5, 0.6) is 0 Å². The van der Waals surface area contributed by atoms with Gasteiger partial charge in [-0.1, -0.05) is 4.98 Å². The molecule has 0 saturated carbocycles. The zero-order valence-corrected chi connectivity index (χ0v) is 44.4. The largest absolute Gasteiger partial charge is 0.490 e. The van der Waals surface area contributed by atoms with Crippen LogP contribution in [0.15, 0.2) is 34.9 Å². The first kappa shape index (κ1) is 57.5.